The largest absolute Gasteiger partial charge is 0.497 e. The lowest BCUT2D eigenvalue weighted by Crippen LogP contribution is -2.56. The molecule has 1 aliphatic carbocycles. The molecule has 3 atom stereocenters. The van der Waals surface area contributed by atoms with Gasteiger partial charge in [-0.3, -0.25) is 9.59 Å². The third-order valence-corrected chi connectivity index (χ3v) is 7.02. The highest BCUT2D eigenvalue weighted by molar-refractivity contribution is 5.97. The molecule has 7 heteroatoms. The smallest absolute Gasteiger partial charge is 0.254 e. The van der Waals surface area contributed by atoms with Crippen LogP contribution in [0.25, 0.3) is 0 Å². The molecule has 2 aliphatic rings. The second-order valence-corrected chi connectivity index (χ2v) is 9.02. The van der Waals surface area contributed by atoms with Crippen LogP contribution in [0.1, 0.15) is 61.0 Å². The van der Waals surface area contributed by atoms with Crippen molar-refractivity contribution in [1.82, 2.24) is 4.90 Å². The van der Waals surface area contributed by atoms with E-state index in [0.29, 0.717) is 35.7 Å². The Morgan fingerprint density at radius 1 is 1.09 bits per heavy atom. The first-order chi connectivity index (χ1) is 15.9. The van der Waals surface area contributed by atoms with Crippen LogP contribution in [0, 0.1) is 5.92 Å². The topological polar surface area (TPSA) is 88.1 Å². The Labute approximate surface area is 194 Å². The standard InChI is InChI=1S/C26H32N2O5/c1-17(29)27-19-8-6-7-18(15-19)25(30)28-14-13-26(31)12-5-4-9-22(26)24(28)21-11-10-20(32-2)16-23(21)33-3/h6-8,10-11,15-16,22,24,31H,4-5,9,12-14H2,1-3H3,(H,27,29). The average Bonchev–Trinajstić information content (AvgIpc) is 2.82. The van der Waals surface area contributed by atoms with Gasteiger partial charge >= 0.3 is 0 Å². The highest BCUT2D eigenvalue weighted by atomic mass is 16.5. The van der Waals surface area contributed by atoms with E-state index in [0.717, 1.165) is 31.2 Å². The maximum absolute atomic E-state index is 13.8. The van der Waals surface area contributed by atoms with Gasteiger partial charge in [0.15, 0.2) is 0 Å². The SMILES string of the molecule is COc1ccc(C2C3CCCCC3(O)CCN2C(=O)c2cccc(NC(C)=O)c2)c(OC)c1. The minimum absolute atomic E-state index is 0.0928. The number of rotatable bonds is 5. The van der Waals surface area contributed by atoms with Crippen LogP contribution in [0.4, 0.5) is 5.69 Å². The summed E-state index contributed by atoms with van der Waals surface area (Å²) in [6.07, 6.45) is 4.14. The molecule has 2 aromatic carbocycles. The number of piperidine rings is 1. The molecule has 2 fully saturated rings. The van der Waals surface area contributed by atoms with Gasteiger partial charge in [0.1, 0.15) is 11.5 Å². The Balaban J connectivity index is 1.77. The second-order valence-electron chi connectivity index (χ2n) is 9.02. The van der Waals surface area contributed by atoms with Gasteiger partial charge in [0.2, 0.25) is 5.91 Å². The van der Waals surface area contributed by atoms with Crippen molar-refractivity contribution in [2.45, 2.75) is 50.7 Å². The first kappa shape index (κ1) is 23.1. The second kappa shape index (κ2) is 9.43. The summed E-state index contributed by atoms with van der Waals surface area (Å²) in [6.45, 7) is 1.88. The third-order valence-electron chi connectivity index (χ3n) is 7.02. The molecular weight excluding hydrogens is 420 g/mol. The number of hydrogen-bond donors (Lipinski definition) is 2. The normalized spacial score (nSPS) is 24.5. The summed E-state index contributed by atoms with van der Waals surface area (Å²) in [5.74, 6) is 0.901. The van der Waals surface area contributed by atoms with Crippen LogP contribution in [0.3, 0.4) is 0 Å². The number of aliphatic hydroxyl groups is 1. The van der Waals surface area contributed by atoms with Crippen molar-refractivity contribution in [3.8, 4) is 11.5 Å². The van der Waals surface area contributed by atoms with Crippen molar-refractivity contribution >= 4 is 17.5 Å². The van der Waals surface area contributed by atoms with Crippen LogP contribution in [0.2, 0.25) is 0 Å². The molecule has 0 spiro atoms. The lowest BCUT2D eigenvalue weighted by Gasteiger charge is -2.52. The molecule has 3 unspecified atom stereocenters. The van der Waals surface area contributed by atoms with Crippen LogP contribution < -0.4 is 14.8 Å². The van der Waals surface area contributed by atoms with Crippen molar-refractivity contribution in [3.05, 3.63) is 53.6 Å². The number of nitrogens with zero attached hydrogens (tertiary/aromatic N) is 1. The average molecular weight is 453 g/mol. The van der Waals surface area contributed by atoms with E-state index in [1.807, 2.05) is 23.1 Å². The highest BCUT2D eigenvalue weighted by Gasteiger charge is 2.51. The van der Waals surface area contributed by atoms with Gasteiger partial charge < -0.3 is 24.8 Å². The van der Waals surface area contributed by atoms with Gasteiger partial charge in [0.25, 0.3) is 5.91 Å². The quantitative estimate of drug-likeness (QED) is 0.711. The molecule has 1 saturated heterocycles. The molecule has 0 bridgehead atoms. The van der Waals surface area contributed by atoms with E-state index in [-0.39, 0.29) is 23.8 Å². The van der Waals surface area contributed by atoms with Gasteiger partial charge in [0, 0.05) is 42.3 Å². The van der Waals surface area contributed by atoms with Gasteiger partial charge in [-0.15, -0.1) is 0 Å². The van der Waals surface area contributed by atoms with Gasteiger partial charge in [-0.1, -0.05) is 18.9 Å². The van der Waals surface area contributed by atoms with Crippen LogP contribution in [-0.2, 0) is 4.79 Å². The number of ether oxygens (including phenoxy) is 2. The molecule has 2 N–H and O–H groups in total. The molecule has 2 amide bonds. The number of anilines is 1. The molecule has 4 rings (SSSR count). The van der Waals surface area contributed by atoms with E-state index in [9.17, 15) is 14.7 Å². The number of amides is 2. The Hall–Kier alpha value is -3.06. The number of likely N-dealkylation sites (tertiary alicyclic amines) is 1. The number of carbonyl (C=O) groups excluding carboxylic acids is 2. The minimum Gasteiger partial charge on any atom is -0.497 e. The summed E-state index contributed by atoms with van der Waals surface area (Å²) in [6, 6.07) is 12.3. The predicted octanol–water partition coefficient (Wildman–Crippen LogP) is 4.17. The molecule has 2 aromatic rings. The number of carbonyl (C=O) groups is 2. The van der Waals surface area contributed by atoms with Crippen molar-refractivity contribution in [1.29, 1.82) is 0 Å². The fourth-order valence-corrected chi connectivity index (χ4v) is 5.46. The first-order valence-corrected chi connectivity index (χ1v) is 11.5. The summed E-state index contributed by atoms with van der Waals surface area (Å²) >= 11 is 0. The number of hydrogen-bond acceptors (Lipinski definition) is 5. The zero-order chi connectivity index (χ0) is 23.6. The van der Waals surface area contributed by atoms with E-state index in [4.69, 9.17) is 9.47 Å². The van der Waals surface area contributed by atoms with Crippen LogP contribution in [-0.4, -0.2) is 48.2 Å². The van der Waals surface area contributed by atoms with Crippen molar-refractivity contribution in [3.63, 3.8) is 0 Å². The summed E-state index contributed by atoms with van der Waals surface area (Å²) in [4.78, 5) is 27.1. The van der Waals surface area contributed by atoms with Crippen LogP contribution in [0.15, 0.2) is 42.5 Å². The Kier molecular flexibility index (Phi) is 6.61. The molecule has 1 aliphatic heterocycles. The predicted molar refractivity (Wildman–Crippen MR) is 126 cm³/mol. The molecule has 1 heterocycles. The fraction of sp³-hybridized carbons (Fsp3) is 0.462. The minimum atomic E-state index is -0.803. The van der Waals surface area contributed by atoms with Gasteiger partial charge in [-0.05, 0) is 49.6 Å². The lowest BCUT2D eigenvalue weighted by atomic mass is 9.66. The van der Waals surface area contributed by atoms with E-state index in [1.54, 1.807) is 38.5 Å². The van der Waals surface area contributed by atoms with Gasteiger partial charge in [-0.2, -0.15) is 0 Å². The molecular formula is C26H32N2O5. The van der Waals surface area contributed by atoms with Crippen LogP contribution >= 0.6 is 0 Å². The van der Waals surface area contributed by atoms with Crippen molar-refractivity contribution < 1.29 is 24.2 Å². The third kappa shape index (κ3) is 4.55. The van der Waals surface area contributed by atoms with E-state index >= 15 is 0 Å². The maximum Gasteiger partial charge on any atom is 0.254 e. The monoisotopic (exact) mass is 452 g/mol. The molecule has 176 valence electrons. The summed E-state index contributed by atoms with van der Waals surface area (Å²) < 4.78 is 11.1. The van der Waals surface area contributed by atoms with Crippen molar-refractivity contribution in [2.75, 3.05) is 26.1 Å². The van der Waals surface area contributed by atoms with Gasteiger partial charge in [0.05, 0.1) is 25.9 Å². The summed E-state index contributed by atoms with van der Waals surface area (Å²) in [7, 11) is 3.21. The molecule has 0 aromatic heterocycles. The summed E-state index contributed by atoms with van der Waals surface area (Å²) in [5.41, 5.74) is 1.15. The number of benzene rings is 2. The zero-order valence-corrected chi connectivity index (χ0v) is 19.5. The molecule has 1 saturated carbocycles. The fourth-order valence-electron chi connectivity index (χ4n) is 5.46. The summed E-state index contributed by atoms with van der Waals surface area (Å²) in [5, 5.41) is 14.3. The van der Waals surface area contributed by atoms with Crippen molar-refractivity contribution in [2.24, 2.45) is 5.92 Å². The number of fused-ring (bicyclic) bond motifs is 1. The number of nitrogens with one attached hydrogen (secondary N) is 1. The Bertz CT molecular complexity index is 1040. The molecule has 0 radical (unpaired) electrons. The zero-order valence-electron chi connectivity index (χ0n) is 19.5. The number of methoxy groups -OCH3 is 2. The Morgan fingerprint density at radius 2 is 1.91 bits per heavy atom. The molecule has 33 heavy (non-hydrogen) atoms. The maximum atomic E-state index is 13.8. The first-order valence-electron chi connectivity index (χ1n) is 11.5. The lowest BCUT2D eigenvalue weighted by molar-refractivity contribution is -0.115. The van der Waals surface area contributed by atoms with Crippen LogP contribution in [0.5, 0.6) is 11.5 Å². The van der Waals surface area contributed by atoms with E-state index in [1.165, 1.54) is 6.92 Å². The highest BCUT2D eigenvalue weighted by Crippen LogP contribution is 2.51. The van der Waals surface area contributed by atoms with E-state index in [2.05, 4.69) is 5.32 Å². The van der Waals surface area contributed by atoms with E-state index < -0.39 is 5.60 Å². The Morgan fingerprint density at radius 3 is 2.64 bits per heavy atom. The molecule has 7 nitrogen and oxygen atoms in total. The van der Waals surface area contributed by atoms with Gasteiger partial charge in [-0.25, -0.2) is 0 Å².